The van der Waals surface area contributed by atoms with Crippen LogP contribution in [0.25, 0.3) is 0 Å². The van der Waals surface area contributed by atoms with Gasteiger partial charge >= 0.3 is 0 Å². The Morgan fingerprint density at radius 3 is 2.65 bits per heavy atom. The Hall–Kier alpha value is -0.650. The van der Waals surface area contributed by atoms with Gasteiger partial charge in [0.2, 0.25) is 5.91 Å². The molecule has 2 atom stereocenters. The fourth-order valence-electron chi connectivity index (χ4n) is 3.75. The average Bonchev–Trinajstić information content (AvgIpc) is 3.03. The minimum Gasteiger partial charge on any atom is -0.384 e. The van der Waals surface area contributed by atoms with Gasteiger partial charge in [0.05, 0.1) is 37.3 Å². The van der Waals surface area contributed by atoms with Gasteiger partial charge in [-0.1, -0.05) is 6.42 Å². The van der Waals surface area contributed by atoms with E-state index in [-0.39, 0.29) is 17.4 Å². The van der Waals surface area contributed by atoms with Gasteiger partial charge in [-0.15, -0.1) is 0 Å². The van der Waals surface area contributed by atoms with Crippen molar-refractivity contribution >= 4 is 5.91 Å². The van der Waals surface area contributed by atoms with Crippen molar-refractivity contribution in [2.75, 3.05) is 40.0 Å². The molecule has 0 unspecified atom stereocenters. The van der Waals surface area contributed by atoms with Crippen molar-refractivity contribution in [3.63, 3.8) is 0 Å². The molecular weight excluding hydrogens is 256 g/mol. The summed E-state index contributed by atoms with van der Waals surface area (Å²) in [5.41, 5.74) is -0.271. The van der Waals surface area contributed by atoms with Crippen molar-refractivity contribution < 1.29 is 14.3 Å². The highest BCUT2D eigenvalue weighted by atomic mass is 16.5. The van der Waals surface area contributed by atoms with E-state index >= 15 is 0 Å². The first-order chi connectivity index (χ1) is 9.75. The van der Waals surface area contributed by atoms with Crippen LogP contribution in [0.15, 0.2) is 0 Å². The fourth-order valence-corrected chi connectivity index (χ4v) is 3.75. The zero-order valence-electron chi connectivity index (χ0n) is 12.4. The van der Waals surface area contributed by atoms with Crippen molar-refractivity contribution in [3.8, 4) is 0 Å². The van der Waals surface area contributed by atoms with Crippen LogP contribution >= 0.6 is 0 Å². The number of amides is 1. The summed E-state index contributed by atoms with van der Waals surface area (Å²) in [4.78, 5) is 15.1. The van der Waals surface area contributed by atoms with Crippen LogP contribution in [0.4, 0.5) is 0 Å². The monoisotopic (exact) mass is 282 g/mol. The Bertz CT molecular complexity index is 351. The molecule has 20 heavy (non-hydrogen) atoms. The van der Waals surface area contributed by atoms with Gasteiger partial charge in [0.15, 0.2) is 0 Å². The molecule has 2 aliphatic heterocycles. The van der Waals surface area contributed by atoms with Crippen LogP contribution in [0, 0.1) is 5.41 Å². The number of nitrogens with one attached hydrogen (secondary N) is 1. The molecule has 1 aliphatic carbocycles. The third-order valence-electron chi connectivity index (χ3n) is 5.19. The van der Waals surface area contributed by atoms with Gasteiger partial charge in [-0.3, -0.25) is 9.69 Å². The summed E-state index contributed by atoms with van der Waals surface area (Å²) in [6.45, 7) is 4.23. The Morgan fingerprint density at radius 1 is 1.30 bits per heavy atom. The molecule has 5 nitrogen and oxygen atoms in total. The SMILES string of the molecule is COCC1(C(=O)N[C@H]2COC[C@@H]2N2CCCC2)CCC1. The minimum absolute atomic E-state index is 0.148. The van der Waals surface area contributed by atoms with Crippen LogP contribution < -0.4 is 5.32 Å². The van der Waals surface area contributed by atoms with E-state index in [9.17, 15) is 4.79 Å². The lowest BCUT2D eigenvalue weighted by atomic mass is 9.68. The second-order valence-corrected chi connectivity index (χ2v) is 6.49. The van der Waals surface area contributed by atoms with Crippen molar-refractivity contribution in [1.82, 2.24) is 10.2 Å². The highest BCUT2D eigenvalue weighted by Crippen LogP contribution is 2.41. The molecule has 0 aromatic rings. The zero-order valence-corrected chi connectivity index (χ0v) is 12.4. The van der Waals surface area contributed by atoms with Crippen molar-refractivity contribution in [1.29, 1.82) is 0 Å². The Kier molecular flexibility index (Phi) is 4.29. The number of hydrogen-bond acceptors (Lipinski definition) is 4. The van der Waals surface area contributed by atoms with E-state index in [1.165, 1.54) is 12.8 Å². The van der Waals surface area contributed by atoms with Crippen molar-refractivity contribution in [3.05, 3.63) is 0 Å². The Balaban J connectivity index is 1.59. The van der Waals surface area contributed by atoms with E-state index in [2.05, 4.69) is 10.2 Å². The second-order valence-electron chi connectivity index (χ2n) is 6.49. The summed E-state index contributed by atoms with van der Waals surface area (Å²) in [7, 11) is 1.68. The van der Waals surface area contributed by atoms with E-state index < -0.39 is 0 Å². The van der Waals surface area contributed by atoms with Crippen LogP contribution in [-0.4, -0.2) is 62.9 Å². The Labute approximate surface area is 121 Å². The maximum absolute atomic E-state index is 12.6. The van der Waals surface area contributed by atoms with Crippen LogP contribution in [0.3, 0.4) is 0 Å². The highest BCUT2D eigenvalue weighted by molar-refractivity contribution is 5.84. The molecule has 3 rings (SSSR count). The molecule has 1 saturated carbocycles. The molecule has 2 heterocycles. The average molecular weight is 282 g/mol. The normalized spacial score (nSPS) is 33.0. The molecule has 0 aromatic carbocycles. The van der Waals surface area contributed by atoms with Gasteiger partial charge in [-0.2, -0.15) is 0 Å². The van der Waals surface area contributed by atoms with E-state index in [1.54, 1.807) is 7.11 Å². The number of carbonyl (C=O) groups is 1. The number of nitrogens with zero attached hydrogens (tertiary/aromatic N) is 1. The lowest BCUT2D eigenvalue weighted by Gasteiger charge is -2.41. The van der Waals surface area contributed by atoms with Crippen LogP contribution in [0.2, 0.25) is 0 Å². The summed E-state index contributed by atoms with van der Waals surface area (Å²) < 4.78 is 10.9. The van der Waals surface area contributed by atoms with Gasteiger partial charge < -0.3 is 14.8 Å². The summed E-state index contributed by atoms with van der Waals surface area (Å²) in [6.07, 6.45) is 5.58. The number of rotatable bonds is 5. The second kappa shape index (κ2) is 6.00. The maximum Gasteiger partial charge on any atom is 0.228 e. The van der Waals surface area contributed by atoms with Gasteiger partial charge in [-0.05, 0) is 38.8 Å². The van der Waals surface area contributed by atoms with Gasteiger partial charge in [0.25, 0.3) is 0 Å². The maximum atomic E-state index is 12.6. The zero-order chi connectivity index (χ0) is 14.0. The first kappa shape index (κ1) is 14.3. The molecule has 0 aromatic heterocycles. The van der Waals surface area contributed by atoms with Crippen molar-refractivity contribution in [2.45, 2.75) is 44.2 Å². The molecule has 0 spiro atoms. The fraction of sp³-hybridized carbons (Fsp3) is 0.933. The predicted octanol–water partition coefficient (Wildman–Crippen LogP) is 0.783. The molecule has 114 valence electrons. The van der Waals surface area contributed by atoms with Gasteiger partial charge in [0, 0.05) is 7.11 Å². The van der Waals surface area contributed by atoms with E-state index in [0.717, 1.165) is 39.0 Å². The number of likely N-dealkylation sites (tertiary alicyclic amines) is 1. The molecule has 3 aliphatic rings. The molecule has 0 bridgehead atoms. The third kappa shape index (κ3) is 2.59. The van der Waals surface area contributed by atoms with E-state index in [4.69, 9.17) is 9.47 Å². The van der Waals surface area contributed by atoms with Crippen LogP contribution in [-0.2, 0) is 14.3 Å². The van der Waals surface area contributed by atoms with Crippen LogP contribution in [0.1, 0.15) is 32.1 Å². The van der Waals surface area contributed by atoms with Gasteiger partial charge in [-0.25, -0.2) is 0 Å². The van der Waals surface area contributed by atoms with Crippen LogP contribution in [0.5, 0.6) is 0 Å². The summed E-state index contributed by atoms with van der Waals surface area (Å²) in [5, 5.41) is 3.25. The van der Waals surface area contributed by atoms with Gasteiger partial charge in [0.1, 0.15) is 0 Å². The standard InChI is InChI=1S/C15H26N2O3/c1-19-11-15(5-4-6-15)14(18)16-12-9-20-10-13(12)17-7-2-3-8-17/h12-13H,2-11H2,1H3,(H,16,18)/t12-,13-/m0/s1. The molecule has 5 heteroatoms. The first-order valence-corrected chi connectivity index (χ1v) is 7.87. The smallest absolute Gasteiger partial charge is 0.228 e. The van der Waals surface area contributed by atoms with E-state index in [0.29, 0.717) is 19.3 Å². The quantitative estimate of drug-likeness (QED) is 0.810. The lowest BCUT2D eigenvalue weighted by Crippen LogP contribution is -2.56. The largest absolute Gasteiger partial charge is 0.384 e. The predicted molar refractivity (Wildman–Crippen MR) is 75.5 cm³/mol. The number of carbonyl (C=O) groups excluding carboxylic acids is 1. The molecule has 3 fully saturated rings. The summed E-state index contributed by atoms with van der Waals surface area (Å²) >= 11 is 0. The topological polar surface area (TPSA) is 50.8 Å². The summed E-state index contributed by atoms with van der Waals surface area (Å²) in [6, 6.07) is 0.510. The third-order valence-corrected chi connectivity index (χ3v) is 5.19. The molecule has 2 saturated heterocycles. The number of hydrogen-bond donors (Lipinski definition) is 1. The molecular formula is C15H26N2O3. The number of methoxy groups -OCH3 is 1. The summed E-state index contributed by atoms with van der Waals surface area (Å²) in [5.74, 6) is 0.172. The number of ether oxygens (including phenoxy) is 2. The first-order valence-electron chi connectivity index (χ1n) is 7.87. The Morgan fingerprint density at radius 2 is 2.05 bits per heavy atom. The highest BCUT2D eigenvalue weighted by Gasteiger charge is 2.46. The molecule has 1 amide bonds. The van der Waals surface area contributed by atoms with Crippen molar-refractivity contribution in [2.24, 2.45) is 5.41 Å². The molecule has 1 N–H and O–H groups in total. The minimum atomic E-state index is -0.271. The van der Waals surface area contributed by atoms with E-state index in [1.807, 2.05) is 0 Å². The molecule has 0 radical (unpaired) electrons. The lowest BCUT2D eigenvalue weighted by molar-refractivity contribution is -0.141.